The van der Waals surface area contributed by atoms with Crippen LogP contribution in [-0.4, -0.2) is 34.7 Å². The van der Waals surface area contributed by atoms with E-state index >= 15 is 0 Å². The summed E-state index contributed by atoms with van der Waals surface area (Å²) in [5, 5.41) is 6.61. The van der Waals surface area contributed by atoms with Crippen LogP contribution in [0, 0.1) is 6.92 Å². The number of rotatable bonds is 6. The van der Waals surface area contributed by atoms with Gasteiger partial charge in [-0.15, -0.1) is 0 Å². The van der Waals surface area contributed by atoms with E-state index in [1.165, 1.54) is 0 Å². The number of hydrogen-bond donors (Lipinski definition) is 1. The standard InChI is InChI=1S/C17H22N4O4/c1-11-13(10-23-2)15(21-25-11)17(22)20-9-12-7-18-16(19-8-12)14-5-3-4-6-24-14/h7-8,14H,3-6,9-10H2,1-2H3,(H,20,22)/t14-/m0/s1. The first kappa shape index (κ1) is 17.5. The topological polar surface area (TPSA) is 99.4 Å². The van der Waals surface area contributed by atoms with Crippen molar-refractivity contribution in [2.75, 3.05) is 13.7 Å². The number of aromatic nitrogens is 3. The molecular weight excluding hydrogens is 324 g/mol. The maximum Gasteiger partial charge on any atom is 0.274 e. The second-order valence-corrected chi connectivity index (χ2v) is 5.99. The molecule has 1 aliphatic rings. The van der Waals surface area contributed by atoms with Crippen molar-refractivity contribution in [3.05, 3.63) is 40.8 Å². The van der Waals surface area contributed by atoms with Crippen LogP contribution in [0.25, 0.3) is 0 Å². The number of hydrogen-bond acceptors (Lipinski definition) is 7. The molecule has 1 aliphatic heterocycles. The van der Waals surface area contributed by atoms with E-state index in [4.69, 9.17) is 14.0 Å². The van der Waals surface area contributed by atoms with Gasteiger partial charge < -0.3 is 19.3 Å². The van der Waals surface area contributed by atoms with Gasteiger partial charge in [0, 0.05) is 38.2 Å². The zero-order valence-electron chi connectivity index (χ0n) is 14.4. The summed E-state index contributed by atoms with van der Waals surface area (Å²) in [4.78, 5) is 21.0. The maximum atomic E-state index is 12.3. The van der Waals surface area contributed by atoms with E-state index in [-0.39, 0.29) is 24.3 Å². The number of nitrogens with zero attached hydrogens (tertiary/aromatic N) is 3. The first-order valence-corrected chi connectivity index (χ1v) is 8.33. The molecule has 8 nitrogen and oxygen atoms in total. The van der Waals surface area contributed by atoms with Crippen molar-refractivity contribution >= 4 is 5.91 Å². The molecule has 134 valence electrons. The predicted molar refractivity (Wildman–Crippen MR) is 87.7 cm³/mol. The van der Waals surface area contributed by atoms with E-state index in [1.807, 2.05) is 0 Å². The van der Waals surface area contributed by atoms with Crippen molar-refractivity contribution in [2.45, 2.75) is 45.4 Å². The van der Waals surface area contributed by atoms with Crippen molar-refractivity contribution in [3.8, 4) is 0 Å². The highest BCUT2D eigenvalue weighted by Gasteiger charge is 2.20. The highest BCUT2D eigenvalue weighted by atomic mass is 16.5. The largest absolute Gasteiger partial charge is 0.380 e. The van der Waals surface area contributed by atoms with Crippen LogP contribution in [0.4, 0.5) is 0 Å². The Hall–Kier alpha value is -2.32. The van der Waals surface area contributed by atoms with Crippen molar-refractivity contribution in [3.63, 3.8) is 0 Å². The van der Waals surface area contributed by atoms with Gasteiger partial charge in [-0.3, -0.25) is 4.79 Å². The molecule has 8 heteroatoms. The van der Waals surface area contributed by atoms with E-state index in [0.717, 1.165) is 31.4 Å². The van der Waals surface area contributed by atoms with E-state index in [1.54, 1.807) is 26.4 Å². The maximum absolute atomic E-state index is 12.3. The zero-order valence-corrected chi connectivity index (χ0v) is 14.4. The fourth-order valence-corrected chi connectivity index (χ4v) is 2.72. The van der Waals surface area contributed by atoms with Gasteiger partial charge in [-0.1, -0.05) is 5.16 Å². The molecule has 1 saturated heterocycles. The van der Waals surface area contributed by atoms with Crippen LogP contribution in [0.5, 0.6) is 0 Å². The van der Waals surface area contributed by atoms with Crippen LogP contribution in [0.2, 0.25) is 0 Å². The Bertz CT molecular complexity index is 708. The van der Waals surface area contributed by atoms with Crippen LogP contribution in [0.3, 0.4) is 0 Å². The number of methoxy groups -OCH3 is 1. The lowest BCUT2D eigenvalue weighted by atomic mass is 10.1. The van der Waals surface area contributed by atoms with Gasteiger partial charge >= 0.3 is 0 Å². The van der Waals surface area contributed by atoms with Gasteiger partial charge in [0.2, 0.25) is 0 Å². The molecule has 0 radical (unpaired) electrons. The summed E-state index contributed by atoms with van der Waals surface area (Å²) in [6.45, 7) is 3.09. The Labute approximate surface area is 145 Å². The Morgan fingerprint density at radius 2 is 2.16 bits per heavy atom. The highest BCUT2D eigenvalue weighted by Crippen LogP contribution is 2.24. The van der Waals surface area contributed by atoms with Gasteiger partial charge in [-0.2, -0.15) is 0 Å². The van der Waals surface area contributed by atoms with Gasteiger partial charge in [-0.25, -0.2) is 9.97 Å². The molecule has 0 spiro atoms. The molecule has 0 aromatic carbocycles. The smallest absolute Gasteiger partial charge is 0.274 e. The average molecular weight is 346 g/mol. The summed E-state index contributed by atoms with van der Waals surface area (Å²) < 4.78 is 15.8. The summed E-state index contributed by atoms with van der Waals surface area (Å²) in [5.41, 5.74) is 1.70. The van der Waals surface area contributed by atoms with Gasteiger partial charge in [0.15, 0.2) is 11.5 Å². The van der Waals surface area contributed by atoms with Crippen LogP contribution < -0.4 is 5.32 Å². The first-order chi connectivity index (χ1) is 12.2. The highest BCUT2D eigenvalue weighted by molar-refractivity contribution is 5.93. The molecule has 3 rings (SSSR count). The summed E-state index contributed by atoms with van der Waals surface area (Å²) in [6.07, 6.45) is 6.58. The fraction of sp³-hybridized carbons (Fsp3) is 0.529. The van der Waals surface area contributed by atoms with Crippen LogP contribution in [-0.2, 0) is 22.6 Å². The number of ether oxygens (including phenoxy) is 2. The molecule has 1 fully saturated rings. The van der Waals surface area contributed by atoms with Gasteiger partial charge in [0.25, 0.3) is 5.91 Å². The van der Waals surface area contributed by atoms with E-state index < -0.39 is 0 Å². The zero-order chi connectivity index (χ0) is 17.6. The van der Waals surface area contributed by atoms with Crippen molar-refractivity contribution in [1.29, 1.82) is 0 Å². The quantitative estimate of drug-likeness (QED) is 0.855. The fourth-order valence-electron chi connectivity index (χ4n) is 2.72. The number of nitrogens with one attached hydrogen (secondary N) is 1. The molecule has 0 aliphatic carbocycles. The SMILES string of the molecule is COCc1c(C(=O)NCc2cnc([C@@H]3CCCCO3)nc2)noc1C. The van der Waals surface area contributed by atoms with Gasteiger partial charge in [0.05, 0.1) is 12.2 Å². The van der Waals surface area contributed by atoms with Crippen molar-refractivity contribution in [1.82, 2.24) is 20.4 Å². The minimum Gasteiger partial charge on any atom is -0.380 e. The number of aryl methyl sites for hydroxylation is 1. The van der Waals surface area contributed by atoms with E-state index in [9.17, 15) is 4.79 Å². The van der Waals surface area contributed by atoms with Gasteiger partial charge in [0.1, 0.15) is 11.9 Å². The Balaban J connectivity index is 1.59. The summed E-state index contributed by atoms with van der Waals surface area (Å²) >= 11 is 0. The van der Waals surface area contributed by atoms with E-state index in [0.29, 0.717) is 23.7 Å². The predicted octanol–water partition coefficient (Wildman–Crippen LogP) is 2.09. The molecule has 2 aromatic rings. The molecule has 3 heterocycles. The minimum atomic E-state index is -0.316. The summed E-state index contributed by atoms with van der Waals surface area (Å²) in [5.74, 6) is 0.958. The van der Waals surface area contributed by atoms with Crippen LogP contribution in [0.15, 0.2) is 16.9 Å². The monoisotopic (exact) mass is 346 g/mol. The lowest BCUT2D eigenvalue weighted by Gasteiger charge is -2.21. The molecular formula is C17H22N4O4. The number of carbonyl (C=O) groups excluding carboxylic acids is 1. The minimum absolute atomic E-state index is 0.0212. The number of carbonyl (C=O) groups is 1. The van der Waals surface area contributed by atoms with Crippen molar-refractivity contribution in [2.24, 2.45) is 0 Å². The van der Waals surface area contributed by atoms with E-state index in [2.05, 4.69) is 20.4 Å². The second kappa shape index (κ2) is 8.17. The average Bonchev–Trinajstić information content (AvgIpc) is 3.02. The normalized spacial score (nSPS) is 17.4. The third kappa shape index (κ3) is 4.21. The molecule has 2 aromatic heterocycles. The third-order valence-electron chi connectivity index (χ3n) is 4.13. The molecule has 1 amide bonds. The Morgan fingerprint density at radius 3 is 2.84 bits per heavy atom. The third-order valence-corrected chi connectivity index (χ3v) is 4.13. The molecule has 0 bridgehead atoms. The molecule has 1 N–H and O–H groups in total. The first-order valence-electron chi connectivity index (χ1n) is 8.33. The summed E-state index contributed by atoms with van der Waals surface area (Å²) in [6, 6.07) is 0. The molecule has 0 unspecified atom stereocenters. The second-order valence-electron chi connectivity index (χ2n) is 5.99. The molecule has 1 atom stereocenters. The summed E-state index contributed by atoms with van der Waals surface area (Å²) in [7, 11) is 1.56. The lowest BCUT2D eigenvalue weighted by Crippen LogP contribution is -2.24. The Morgan fingerprint density at radius 1 is 1.36 bits per heavy atom. The van der Waals surface area contributed by atoms with Crippen molar-refractivity contribution < 1.29 is 18.8 Å². The molecule has 25 heavy (non-hydrogen) atoms. The van der Waals surface area contributed by atoms with Crippen LogP contribution >= 0.6 is 0 Å². The Kier molecular flexibility index (Phi) is 5.72. The lowest BCUT2D eigenvalue weighted by molar-refractivity contribution is 0.00940. The molecule has 0 saturated carbocycles. The van der Waals surface area contributed by atoms with Gasteiger partial charge in [-0.05, 0) is 26.2 Å². The van der Waals surface area contributed by atoms with Crippen LogP contribution in [0.1, 0.15) is 58.6 Å². The number of amides is 1.